The number of carbonyl (C=O) groups is 2. The summed E-state index contributed by atoms with van der Waals surface area (Å²) in [6, 6.07) is -0.0169. The molecule has 1 aliphatic rings. The average Bonchev–Trinajstić information content (AvgIpc) is 3.23. The minimum atomic E-state index is -1.36. The summed E-state index contributed by atoms with van der Waals surface area (Å²) in [6.45, 7) is 0. The Bertz CT molecular complexity index is 808. The molecule has 102 valence electrons. The number of aromatic carboxylic acids is 1. The summed E-state index contributed by atoms with van der Waals surface area (Å²) < 4.78 is 15.1. The van der Waals surface area contributed by atoms with E-state index < -0.39 is 22.9 Å². The summed E-state index contributed by atoms with van der Waals surface area (Å²) >= 11 is 0. The van der Waals surface area contributed by atoms with Crippen LogP contribution in [0.15, 0.2) is 17.2 Å². The fraction of sp³-hybridized carbons (Fsp3) is 0.231. The van der Waals surface area contributed by atoms with Crippen molar-refractivity contribution >= 4 is 23.2 Å². The van der Waals surface area contributed by atoms with Gasteiger partial charge in [0.1, 0.15) is 5.56 Å². The van der Waals surface area contributed by atoms with Gasteiger partial charge in [-0.2, -0.15) is 4.39 Å². The van der Waals surface area contributed by atoms with Gasteiger partial charge in [-0.3, -0.25) is 9.59 Å². The third kappa shape index (κ3) is 1.70. The molecule has 0 spiro atoms. The van der Waals surface area contributed by atoms with Crippen LogP contribution in [-0.2, 0) is 0 Å². The van der Waals surface area contributed by atoms with Gasteiger partial charge >= 0.3 is 5.97 Å². The molecule has 1 aliphatic carbocycles. The number of hydrogen-bond donors (Lipinski definition) is 1. The van der Waals surface area contributed by atoms with Crippen LogP contribution in [0.2, 0.25) is 0 Å². The van der Waals surface area contributed by atoms with Crippen molar-refractivity contribution < 1.29 is 19.1 Å². The Labute approximate surface area is 111 Å². The molecule has 3 rings (SSSR count). The molecule has 0 unspecified atom stereocenters. The summed E-state index contributed by atoms with van der Waals surface area (Å²) in [5.41, 5.74) is -1.37. The van der Waals surface area contributed by atoms with Crippen molar-refractivity contribution in [2.75, 3.05) is 0 Å². The van der Waals surface area contributed by atoms with Crippen LogP contribution in [0.1, 0.15) is 39.6 Å². The van der Waals surface area contributed by atoms with Crippen molar-refractivity contribution in [1.82, 2.24) is 9.55 Å². The Kier molecular flexibility index (Phi) is 2.63. The molecule has 0 aromatic carbocycles. The fourth-order valence-corrected chi connectivity index (χ4v) is 2.24. The number of nitrogens with zero attached hydrogens (tertiary/aromatic N) is 2. The molecule has 0 atom stereocenters. The van der Waals surface area contributed by atoms with E-state index in [1.165, 1.54) is 10.8 Å². The van der Waals surface area contributed by atoms with Crippen molar-refractivity contribution in [1.29, 1.82) is 0 Å². The number of fused-ring (bicyclic) bond motifs is 1. The van der Waals surface area contributed by atoms with E-state index in [9.17, 15) is 18.8 Å². The monoisotopic (exact) mass is 276 g/mol. The first-order valence-corrected chi connectivity index (χ1v) is 5.96. The molecule has 20 heavy (non-hydrogen) atoms. The normalized spacial score (nSPS) is 14.4. The van der Waals surface area contributed by atoms with Crippen LogP contribution in [0.25, 0.3) is 10.9 Å². The fourth-order valence-electron chi connectivity index (χ4n) is 2.24. The van der Waals surface area contributed by atoms with E-state index >= 15 is 0 Å². The van der Waals surface area contributed by atoms with Crippen LogP contribution in [0.3, 0.4) is 0 Å². The van der Waals surface area contributed by atoms with Gasteiger partial charge in [0, 0.05) is 18.4 Å². The standard InChI is InChI=1S/C13H9FN2O4/c14-12-9(5-17)10-7(3-15-12)11(18)8(13(19)20)4-16(10)6-1-2-6/h3-6H,1-2H2,(H,19,20). The highest BCUT2D eigenvalue weighted by Crippen LogP contribution is 2.37. The minimum Gasteiger partial charge on any atom is -0.477 e. The number of aromatic nitrogens is 2. The highest BCUT2D eigenvalue weighted by atomic mass is 19.1. The molecule has 2 aromatic heterocycles. The Morgan fingerprint density at radius 1 is 1.50 bits per heavy atom. The van der Waals surface area contributed by atoms with Crippen LogP contribution in [0, 0.1) is 5.95 Å². The molecular formula is C13H9FN2O4. The highest BCUT2D eigenvalue weighted by molar-refractivity contribution is 5.98. The summed E-state index contributed by atoms with van der Waals surface area (Å²) in [7, 11) is 0. The molecule has 1 fully saturated rings. The van der Waals surface area contributed by atoms with Crippen molar-refractivity contribution in [2.45, 2.75) is 18.9 Å². The van der Waals surface area contributed by atoms with Gasteiger partial charge in [0.15, 0.2) is 6.29 Å². The first kappa shape index (κ1) is 12.5. The minimum absolute atomic E-state index is 0.0169. The lowest BCUT2D eigenvalue weighted by molar-refractivity contribution is 0.0694. The maximum atomic E-state index is 13.6. The molecule has 0 aliphatic heterocycles. The molecule has 0 bridgehead atoms. The number of pyridine rings is 2. The van der Waals surface area contributed by atoms with E-state index in [0.717, 1.165) is 19.0 Å². The van der Waals surface area contributed by atoms with Crippen LogP contribution in [-0.4, -0.2) is 26.9 Å². The highest BCUT2D eigenvalue weighted by Gasteiger charge is 2.28. The van der Waals surface area contributed by atoms with Gasteiger partial charge in [0.05, 0.1) is 16.5 Å². The number of aldehydes is 1. The number of carboxylic acid groups (broad SMARTS) is 1. The van der Waals surface area contributed by atoms with Gasteiger partial charge in [-0.05, 0) is 12.8 Å². The molecule has 2 aromatic rings. The quantitative estimate of drug-likeness (QED) is 0.675. The number of carbonyl (C=O) groups excluding carboxylic acids is 1. The predicted octanol–water partition coefficient (Wildman–Crippen LogP) is 1.38. The Hall–Kier alpha value is -2.57. The first-order valence-electron chi connectivity index (χ1n) is 5.96. The van der Waals surface area contributed by atoms with Crippen LogP contribution < -0.4 is 5.43 Å². The zero-order valence-corrected chi connectivity index (χ0v) is 10.2. The lowest BCUT2D eigenvalue weighted by Crippen LogP contribution is -2.20. The molecule has 1 N–H and O–H groups in total. The smallest absolute Gasteiger partial charge is 0.341 e. The Balaban J connectivity index is 2.52. The summed E-state index contributed by atoms with van der Waals surface area (Å²) in [5.74, 6) is -2.33. The summed E-state index contributed by atoms with van der Waals surface area (Å²) in [6.07, 6.45) is 4.03. The lowest BCUT2D eigenvalue weighted by Gasteiger charge is -2.12. The largest absolute Gasteiger partial charge is 0.477 e. The van der Waals surface area contributed by atoms with Crippen LogP contribution >= 0.6 is 0 Å². The van der Waals surface area contributed by atoms with Crippen molar-refractivity contribution in [2.24, 2.45) is 0 Å². The van der Waals surface area contributed by atoms with E-state index in [1.807, 2.05) is 0 Å². The topological polar surface area (TPSA) is 89.3 Å². The molecule has 1 saturated carbocycles. The maximum Gasteiger partial charge on any atom is 0.341 e. The van der Waals surface area contributed by atoms with Gasteiger partial charge in [-0.1, -0.05) is 0 Å². The van der Waals surface area contributed by atoms with E-state index in [2.05, 4.69) is 4.98 Å². The molecule has 0 saturated heterocycles. The second kappa shape index (κ2) is 4.22. The Morgan fingerprint density at radius 3 is 2.75 bits per heavy atom. The van der Waals surface area contributed by atoms with E-state index in [1.54, 1.807) is 0 Å². The third-order valence-electron chi connectivity index (χ3n) is 3.34. The van der Waals surface area contributed by atoms with E-state index in [-0.39, 0.29) is 22.5 Å². The lowest BCUT2D eigenvalue weighted by atomic mass is 10.1. The van der Waals surface area contributed by atoms with Gasteiger partial charge in [0.2, 0.25) is 11.4 Å². The third-order valence-corrected chi connectivity index (χ3v) is 3.34. The van der Waals surface area contributed by atoms with Gasteiger partial charge in [0.25, 0.3) is 0 Å². The summed E-state index contributed by atoms with van der Waals surface area (Å²) in [4.78, 5) is 37.6. The summed E-state index contributed by atoms with van der Waals surface area (Å²) in [5, 5.41) is 9.00. The molecular weight excluding hydrogens is 267 g/mol. The van der Waals surface area contributed by atoms with Crippen LogP contribution in [0.4, 0.5) is 4.39 Å². The number of rotatable bonds is 3. The molecule has 0 radical (unpaired) electrons. The average molecular weight is 276 g/mol. The second-order valence-electron chi connectivity index (χ2n) is 4.66. The first-order chi connectivity index (χ1) is 9.54. The van der Waals surface area contributed by atoms with Gasteiger partial charge in [-0.25, -0.2) is 9.78 Å². The second-order valence-corrected chi connectivity index (χ2v) is 4.66. The van der Waals surface area contributed by atoms with Crippen LogP contribution in [0.5, 0.6) is 0 Å². The van der Waals surface area contributed by atoms with Crippen molar-refractivity contribution in [3.05, 3.63) is 39.7 Å². The molecule has 0 amide bonds. The molecule has 7 heteroatoms. The van der Waals surface area contributed by atoms with E-state index in [4.69, 9.17) is 5.11 Å². The zero-order valence-electron chi connectivity index (χ0n) is 10.2. The van der Waals surface area contributed by atoms with Gasteiger partial charge < -0.3 is 9.67 Å². The molecule has 2 heterocycles. The molecule has 6 nitrogen and oxygen atoms in total. The van der Waals surface area contributed by atoms with Crippen molar-refractivity contribution in [3.8, 4) is 0 Å². The number of halogens is 1. The number of hydrogen-bond acceptors (Lipinski definition) is 4. The number of carboxylic acids is 1. The Morgan fingerprint density at radius 2 is 2.20 bits per heavy atom. The van der Waals surface area contributed by atoms with Crippen molar-refractivity contribution in [3.63, 3.8) is 0 Å². The maximum absolute atomic E-state index is 13.6. The zero-order chi connectivity index (χ0) is 14.4. The predicted molar refractivity (Wildman–Crippen MR) is 66.6 cm³/mol. The van der Waals surface area contributed by atoms with Gasteiger partial charge in [-0.15, -0.1) is 0 Å². The van der Waals surface area contributed by atoms with E-state index in [0.29, 0.717) is 6.29 Å². The SMILES string of the molecule is O=Cc1c(F)ncc2c(=O)c(C(=O)O)cn(C3CC3)c12.